The fourth-order valence-corrected chi connectivity index (χ4v) is 1.86. The normalized spacial score (nSPS) is 21.6. The number of aromatic nitrogens is 3. The van der Waals surface area contributed by atoms with E-state index in [-0.39, 0.29) is 18.8 Å². The highest BCUT2D eigenvalue weighted by atomic mass is 16.6. The lowest BCUT2D eigenvalue weighted by atomic mass is 10.3. The summed E-state index contributed by atoms with van der Waals surface area (Å²) in [5.74, 6) is 1.30. The number of ether oxygens (including phenoxy) is 2. The summed E-state index contributed by atoms with van der Waals surface area (Å²) in [6, 6.07) is 0.192. The Bertz CT molecular complexity index is 345. The average molecular weight is 227 g/mol. The SMILES string of the molecule is CC(C)n1c(CO)nnc1C1COCCO1. The number of aliphatic hydroxyl groups is 1. The second kappa shape index (κ2) is 4.90. The number of rotatable bonds is 3. The van der Waals surface area contributed by atoms with Crippen molar-refractivity contribution in [3.05, 3.63) is 11.6 Å². The summed E-state index contributed by atoms with van der Waals surface area (Å²) >= 11 is 0. The van der Waals surface area contributed by atoms with Crippen LogP contribution in [0.15, 0.2) is 0 Å². The maximum absolute atomic E-state index is 9.18. The second-order valence-electron chi connectivity index (χ2n) is 4.03. The molecule has 0 saturated carbocycles. The van der Waals surface area contributed by atoms with E-state index in [0.29, 0.717) is 25.6 Å². The van der Waals surface area contributed by atoms with Crippen LogP contribution in [-0.2, 0) is 16.1 Å². The van der Waals surface area contributed by atoms with Crippen molar-refractivity contribution in [2.24, 2.45) is 0 Å². The molecular formula is C10H17N3O3. The summed E-state index contributed by atoms with van der Waals surface area (Å²) in [6.45, 7) is 5.63. The van der Waals surface area contributed by atoms with Gasteiger partial charge >= 0.3 is 0 Å². The molecule has 1 N–H and O–H groups in total. The Morgan fingerprint density at radius 3 is 2.81 bits per heavy atom. The van der Waals surface area contributed by atoms with E-state index in [1.807, 2.05) is 18.4 Å². The van der Waals surface area contributed by atoms with Gasteiger partial charge in [-0.05, 0) is 13.8 Å². The van der Waals surface area contributed by atoms with Crippen LogP contribution >= 0.6 is 0 Å². The summed E-state index contributed by atoms with van der Waals surface area (Å²) in [6.07, 6.45) is -0.177. The first-order chi connectivity index (χ1) is 7.74. The summed E-state index contributed by atoms with van der Waals surface area (Å²) < 4.78 is 12.8. The van der Waals surface area contributed by atoms with Crippen LogP contribution in [0.25, 0.3) is 0 Å². The van der Waals surface area contributed by atoms with Gasteiger partial charge in [0.1, 0.15) is 12.7 Å². The molecule has 1 saturated heterocycles. The van der Waals surface area contributed by atoms with Crippen molar-refractivity contribution in [2.45, 2.75) is 32.6 Å². The minimum absolute atomic E-state index is 0.112. The van der Waals surface area contributed by atoms with Crippen LogP contribution in [0, 0.1) is 0 Å². The van der Waals surface area contributed by atoms with Crippen molar-refractivity contribution >= 4 is 0 Å². The average Bonchev–Trinajstić information content (AvgIpc) is 2.73. The van der Waals surface area contributed by atoms with E-state index in [0.717, 1.165) is 5.82 Å². The molecule has 1 fully saturated rings. The summed E-state index contributed by atoms with van der Waals surface area (Å²) in [5.41, 5.74) is 0. The highest BCUT2D eigenvalue weighted by molar-refractivity contribution is 5.01. The Balaban J connectivity index is 2.28. The second-order valence-corrected chi connectivity index (χ2v) is 4.03. The molecule has 6 nitrogen and oxygen atoms in total. The Morgan fingerprint density at radius 1 is 1.44 bits per heavy atom. The number of nitrogens with zero attached hydrogens (tertiary/aromatic N) is 3. The van der Waals surface area contributed by atoms with Gasteiger partial charge in [-0.15, -0.1) is 10.2 Å². The molecule has 0 spiro atoms. The minimum Gasteiger partial charge on any atom is -0.388 e. The van der Waals surface area contributed by atoms with Crippen LogP contribution in [0.1, 0.15) is 37.6 Å². The first-order valence-corrected chi connectivity index (χ1v) is 5.48. The maximum atomic E-state index is 9.18. The minimum atomic E-state index is -0.177. The summed E-state index contributed by atoms with van der Waals surface area (Å²) in [5, 5.41) is 17.2. The summed E-state index contributed by atoms with van der Waals surface area (Å²) in [4.78, 5) is 0. The van der Waals surface area contributed by atoms with Crippen molar-refractivity contribution in [3.63, 3.8) is 0 Å². The number of hydrogen-bond donors (Lipinski definition) is 1. The van der Waals surface area contributed by atoms with Gasteiger partial charge in [0.15, 0.2) is 11.6 Å². The zero-order chi connectivity index (χ0) is 11.5. The predicted molar refractivity (Wildman–Crippen MR) is 55.8 cm³/mol. The van der Waals surface area contributed by atoms with Gasteiger partial charge in [-0.25, -0.2) is 0 Å². The van der Waals surface area contributed by atoms with Gasteiger partial charge in [0, 0.05) is 6.04 Å². The van der Waals surface area contributed by atoms with Crippen LogP contribution in [0.4, 0.5) is 0 Å². The molecule has 1 aromatic heterocycles. The molecule has 16 heavy (non-hydrogen) atoms. The third-order valence-corrected chi connectivity index (χ3v) is 2.55. The number of hydrogen-bond acceptors (Lipinski definition) is 5. The van der Waals surface area contributed by atoms with Crippen molar-refractivity contribution in [3.8, 4) is 0 Å². The Labute approximate surface area is 94.2 Å². The van der Waals surface area contributed by atoms with E-state index in [1.165, 1.54) is 0 Å². The molecule has 1 unspecified atom stereocenters. The smallest absolute Gasteiger partial charge is 0.164 e. The molecule has 2 heterocycles. The summed E-state index contributed by atoms with van der Waals surface area (Å²) in [7, 11) is 0. The van der Waals surface area contributed by atoms with Crippen LogP contribution in [0.3, 0.4) is 0 Å². The quantitative estimate of drug-likeness (QED) is 0.811. The molecule has 0 radical (unpaired) electrons. The molecule has 90 valence electrons. The van der Waals surface area contributed by atoms with Crippen molar-refractivity contribution < 1.29 is 14.6 Å². The highest BCUT2D eigenvalue weighted by Crippen LogP contribution is 2.23. The molecule has 1 aliphatic heterocycles. The first kappa shape index (κ1) is 11.5. The molecule has 0 bridgehead atoms. The topological polar surface area (TPSA) is 69.4 Å². The van der Waals surface area contributed by atoms with E-state index in [9.17, 15) is 5.11 Å². The van der Waals surface area contributed by atoms with Gasteiger partial charge in [0.2, 0.25) is 0 Å². The molecule has 0 aromatic carbocycles. The fraction of sp³-hybridized carbons (Fsp3) is 0.800. The van der Waals surface area contributed by atoms with Gasteiger partial charge in [-0.3, -0.25) is 0 Å². The lowest BCUT2D eigenvalue weighted by Crippen LogP contribution is -2.25. The van der Waals surface area contributed by atoms with E-state index in [2.05, 4.69) is 10.2 Å². The molecular weight excluding hydrogens is 210 g/mol. The van der Waals surface area contributed by atoms with Crippen molar-refractivity contribution in [1.82, 2.24) is 14.8 Å². The van der Waals surface area contributed by atoms with E-state index in [1.54, 1.807) is 0 Å². The lowest BCUT2D eigenvalue weighted by Gasteiger charge is -2.24. The van der Waals surface area contributed by atoms with Crippen LogP contribution < -0.4 is 0 Å². The monoisotopic (exact) mass is 227 g/mol. The van der Waals surface area contributed by atoms with Gasteiger partial charge in [0.05, 0.1) is 19.8 Å². The van der Waals surface area contributed by atoms with Crippen LogP contribution in [0.2, 0.25) is 0 Å². The standard InChI is InChI=1S/C10H17N3O3/c1-7(2)13-9(5-14)11-12-10(13)8-6-15-3-4-16-8/h7-8,14H,3-6H2,1-2H3. The Kier molecular flexibility index (Phi) is 3.52. The molecule has 1 aliphatic rings. The van der Waals surface area contributed by atoms with Crippen LogP contribution in [0.5, 0.6) is 0 Å². The predicted octanol–water partition coefficient (Wildman–Crippen LogP) is 0.439. The van der Waals surface area contributed by atoms with Crippen molar-refractivity contribution in [2.75, 3.05) is 19.8 Å². The zero-order valence-electron chi connectivity index (χ0n) is 9.59. The first-order valence-electron chi connectivity index (χ1n) is 5.48. The maximum Gasteiger partial charge on any atom is 0.164 e. The van der Waals surface area contributed by atoms with E-state index >= 15 is 0 Å². The third kappa shape index (κ3) is 2.09. The molecule has 2 rings (SSSR count). The Morgan fingerprint density at radius 2 is 2.25 bits per heavy atom. The molecule has 1 atom stereocenters. The van der Waals surface area contributed by atoms with Gasteiger partial charge in [-0.2, -0.15) is 0 Å². The third-order valence-electron chi connectivity index (χ3n) is 2.55. The lowest BCUT2D eigenvalue weighted by molar-refractivity contribution is -0.0951. The zero-order valence-corrected chi connectivity index (χ0v) is 9.59. The van der Waals surface area contributed by atoms with E-state index < -0.39 is 0 Å². The van der Waals surface area contributed by atoms with Gasteiger partial charge in [0.25, 0.3) is 0 Å². The molecule has 0 aliphatic carbocycles. The van der Waals surface area contributed by atoms with E-state index in [4.69, 9.17) is 9.47 Å². The fourth-order valence-electron chi connectivity index (χ4n) is 1.86. The highest BCUT2D eigenvalue weighted by Gasteiger charge is 2.25. The van der Waals surface area contributed by atoms with Crippen molar-refractivity contribution in [1.29, 1.82) is 0 Å². The number of aliphatic hydroxyl groups excluding tert-OH is 1. The van der Waals surface area contributed by atoms with Crippen LogP contribution in [-0.4, -0.2) is 39.7 Å². The van der Waals surface area contributed by atoms with Gasteiger partial charge < -0.3 is 19.1 Å². The Hall–Kier alpha value is -0.980. The molecule has 1 aromatic rings. The largest absolute Gasteiger partial charge is 0.388 e. The van der Waals surface area contributed by atoms with Gasteiger partial charge in [-0.1, -0.05) is 0 Å². The molecule has 0 amide bonds. The molecule has 6 heteroatoms.